The van der Waals surface area contributed by atoms with Gasteiger partial charge in [0, 0.05) is 0 Å². The van der Waals surface area contributed by atoms with Gasteiger partial charge in [-0.05, 0) is 68.1 Å². The molecule has 17 heavy (non-hydrogen) atoms. The zero-order chi connectivity index (χ0) is 12.3. The van der Waals surface area contributed by atoms with Gasteiger partial charge < -0.3 is 11.5 Å². The van der Waals surface area contributed by atoms with Crippen molar-refractivity contribution in [1.82, 2.24) is 0 Å². The lowest BCUT2D eigenvalue weighted by molar-refractivity contribution is -0.143. The summed E-state index contributed by atoms with van der Waals surface area (Å²) in [5, 5.41) is 0. The highest BCUT2D eigenvalue weighted by atomic mass is 16.1. The molecular formula is C14H24N2O. The molecule has 4 rings (SSSR count). The number of rotatable bonds is 3. The van der Waals surface area contributed by atoms with Crippen molar-refractivity contribution in [2.45, 2.75) is 57.4 Å². The van der Waals surface area contributed by atoms with E-state index in [9.17, 15) is 4.79 Å². The third-order valence-corrected chi connectivity index (χ3v) is 5.98. The van der Waals surface area contributed by atoms with Crippen LogP contribution in [-0.4, -0.2) is 11.4 Å². The standard InChI is InChI=1S/C14H24N2O/c1-2-14(16,12(15)17)13-6-9-3-10(7-13)5-11(4-9)8-13/h9-11H,2-8,16H2,1H3,(H2,15,17). The molecule has 3 heteroatoms. The lowest BCUT2D eigenvalue weighted by Crippen LogP contribution is -2.67. The topological polar surface area (TPSA) is 69.1 Å². The van der Waals surface area contributed by atoms with Gasteiger partial charge in [-0.3, -0.25) is 4.79 Å². The third-order valence-electron chi connectivity index (χ3n) is 5.98. The molecule has 0 aliphatic heterocycles. The summed E-state index contributed by atoms with van der Waals surface area (Å²) in [5.74, 6) is 2.17. The molecule has 0 aromatic heterocycles. The monoisotopic (exact) mass is 236 g/mol. The van der Waals surface area contributed by atoms with Crippen LogP contribution in [0.25, 0.3) is 0 Å². The van der Waals surface area contributed by atoms with Gasteiger partial charge in [0.15, 0.2) is 0 Å². The van der Waals surface area contributed by atoms with Crippen molar-refractivity contribution < 1.29 is 4.79 Å². The minimum Gasteiger partial charge on any atom is -0.368 e. The molecule has 0 aromatic carbocycles. The van der Waals surface area contributed by atoms with Crippen molar-refractivity contribution in [2.24, 2.45) is 34.6 Å². The number of carbonyl (C=O) groups excluding carboxylic acids is 1. The largest absolute Gasteiger partial charge is 0.368 e. The number of hydrogen-bond donors (Lipinski definition) is 2. The van der Waals surface area contributed by atoms with E-state index in [2.05, 4.69) is 0 Å². The van der Waals surface area contributed by atoms with Crippen LogP contribution in [0.1, 0.15) is 51.9 Å². The molecule has 4 saturated carbocycles. The summed E-state index contributed by atoms with van der Waals surface area (Å²) in [6.45, 7) is 2.02. The Balaban J connectivity index is 1.98. The normalized spacial score (nSPS) is 46.8. The fourth-order valence-electron chi connectivity index (χ4n) is 5.47. The van der Waals surface area contributed by atoms with Crippen molar-refractivity contribution in [1.29, 1.82) is 0 Å². The first-order valence-electron chi connectivity index (χ1n) is 7.08. The van der Waals surface area contributed by atoms with Crippen molar-refractivity contribution >= 4 is 5.91 Å². The Kier molecular flexibility index (Phi) is 2.35. The van der Waals surface area contributed by atoms with E-state index < -0.39 is 5.54 Å². The minimum atomic E-state index is -0.761. The van der Waals surface area contributed by atoms with Crippen molar-refractivity contribution in [2.75, 3.05) is 0 Å². The lowest BCUT2D eigenvalue weighted by atomic mass is 9.44. The van der Waals surface area contributed by atoms with Crippen LogP contribution in [0.5, 0.6) is 0 Å². The highest BCUT2D eigenvalue weighted by Crippen LogP contribution is 2.63. The van der Waals surface area contributed by atoms with E-state index in [4.69, 9.17) is 11.5 Å². The molecule has 0 spiro atoms. The molecule has 3 nitrogen and oxygen atoms in total. The molecule has 96 valence electrons. The second-order valence-electron chi connectivity index (χ2n) is 6.89. The van der Waals surface area contributed by atoms with E-state index in [1.54, 1.807) is 0 Å². The van der Waals surface area contributed by atoms with Crippen LogP contribution in [0.2, 0.25) is 0 Å². The van der Waals surface area contributed by atoms with E-state index in [-0.39, 0.29) is 11.3 Å². The Morgan fingerprint density at radius 2 is 1.59 bits per heavy atom. The highest BCUT2D eigenvalue weighted by molar-refractivity contribution is 5.85. The highest BCUT2D eigenvalue weighted by Gasteiger charge is 2.60. The average molecular weight is 236 g/mol. The SMILES string of the molecule is CCC(N)(C(N)=O)C12CC3CC(CC(C3)C1)C2. The Hall–Kier alpha value is -0.570. The van der Waals surface area contributed by atoms with E-state index in [1.165, 1.54) is 19.3 Å². The summed E-state index contributed by atoms with van der Waals surface area (Å²) in [5.41, 5.74) is 11.4. The summed E-state index contributed by atoms with van der Waals surface area (Å²) >= 11 is 0. The first-order chi connectivity index (χ1) is 7.99. The second-order valence-corrected chi connectivity index (χ2v) is 6.89. The second kappa shape index (κ2) is 3.47. The molecular weight excluding hydrogens is 212 g/mol. The van der Waals surface area contributed by atoms with Crippen LogP contribution in [0.4, 0.5) is 0 Å². The molecule has 0 aromatic rings. The van der Waals surface area contributed by atoms with Gasteiger partial charge in [0.05, 0.1) is 0 Å². The molecule has 4 aliphatic rings. The Bertz CT molecular complexity index is 317. The number of hydrogen-bond acceptors (Lipinski definition) is 2. The van der Waals surface area contributed by atoms with E-state index >= 15 is 0 Å². The molecule has 1 amide bonds. The fraction of sp³-hybridized carbons (Fsp3) is 0.929. The maximum atomic E-state index is 11.9. The molecule has 1 unspecified atom stereocenters. The summed E-state index contributed by atoms with van der Waals surface area (Å²) in [6, 6.07) is 0. The molecule has 0 heterocycles. The van der Waals surface area contributed by atoms with E-state index in [0.29, 0.717) is 6.42 Å². The van der Waals surface area contributed by atoms with Gasteiger partial charge in [-0.25, -0.2) is 0 Å². The fourth-order valence-corrected chi connectivity index (χ4v) is 5.47. The van der Waals surface area contributed by atoms with Crippen molar-refractivity contribution in [3.63, 3.8) is 0 Å². The number of carbonyl (C=O) groups is 1. The predicted molar refractivity (Wildman–Crippen MR) is 67.0 cm³/mol. The van der Waals surface area contributed by atoms with Gasteiger partial charge in [0.1, 0.15) is 5.54 Å². The first kappa shape index (κ1) is 11.5. The molecule has 4 aliphatic carbocycles. The number of nitrogens with two attached hydrogens (primary N) is 2. The number of primary amides is 1. The van der Waals surface area contributed by atoms with Gasteiger partial charge in [0.2, 0.25) is 5.91 Å². The van der Waals surface area contributed by atoms with E-state index in [1.807, 2.05) is 6.92 Å². The smallest absolute Gasteiger partial charge is 0.238 e. The molecule has 4 bridgehead atoms. The van der Waals surface area contributed by atoms with Crippen LogP contribution < -0.4 is 11.5 Å². The quantitative estimate of drug-likeness (QED) is 0.784. The summed E-state index contributed by atoms with van der Waals surface area (Å²) in [7, 11) is 0. The van der Waals surface area contributed by atoms with Crippen LogP contribution in [0, 0.1) is 23.2 Å². The maximum Gasteiger partial charge on any atom is 0.238 e. The van der Waals surface area contributed by atoms with Crippen LogP contribution in [0.15, 0.2) is 0 Å². The van der Waals surface area contributed by atoms with Crippen LogP contribution in [0.3, 0.4) is 0 Å². The van der Waals surface area contributed by atoms with Crippen LogP contribution >= 0.6 is 0 Å². The average Bonchev–Trinajstić information content (AvgIpc) is 2.25. The Labute approximate surface area is 103 Å². The third kappa shape index (κ3) is 1.41. The Morgan fingerprint density at radius 3 is 1.88 bits per heavy atom. The van der Waals surface area contributed by atoms with Crippen LogP contribution in [-0.2, 0) is 4.79 Å². The molecule has 0 saturated heterocycles. The number of amides is 1. The van der Waals surface area contributed by atoms with Gasteiger partial charge in [0.25, 0.3) is 0 Å². The lowest BCUT2D eigenvalue weighted by Gasteiger charge is -2.61. The first-order valence-corrected chi connectivity index (χ1v) is 7.08. The van der Waals surface area contributed by atoms with Gasteiger partial charge >= 0.3 is 0 Å². The van der Waals surface area contributed by atoms with Crippen molar-refractivity contribution in [3.8, 4) is 0 Å². The minimum absolute atomic E-state index is 0.0301. The molecule has 4 fully saturated rings. The molecule has 4 N–H and O–H groups in total. The van der Waals surface area contributed by atoms with Crippen molar-refractivity contribution in [3.05, 3.63) is 0 Å². The predicted octanol–water partition coefficient (Wildman–Crippen LogP) is 1.80. The van der Waals surface area contributed by atoms with Gasteiger partial charge in [-0.2, -0.15) is 0 Å². The zero-order valence-electron chi connectivity index (χ0n) is 10.7. The van der Waals surface area contributed by atoms with Gasteiger partial charge in [-0.15, -0.1) is 0 Å². The molecule has 1 atom stereocenters. The van der Waals surface area contributed by atoms with E-state index in [0.717, 1.165) is 37.0 Å². The summed E-state index contributed by atoms with van der Waals surface area (Å²) in [4.78, 5) is 11.9. The Morgan fingerprint density at radius 1 is 1.18 bits per heavy atom. The van der Waals surface area contributed by atoms with Gasteiger partial charge in [-0.1, -0.05) is 6.92 Å². The zero-order valence-corrected chi connectivity index (χ0v) is 10.7. The summed E-state index contributed by atoms with van der Waals surface area (Å²) in [6.07, 6.45) is 8.24. The summed E-state index contributed by atoms with van der Waals surface area (Å²) < 4.78 is 0. The maximum absolute atomic E-state index is 11.9. The molecule has 0 radical (unpaired) electrons.